The summed E-state index contributed by atoms with van der Waals surface area (Å²) in [7, 11) is 0. The maximum atomic E-state index is 14.1. The zero-order chi connectivity index (χ0) is 29.9. The number of fused-ring (bicyclic) bond motifs is 3. The molecule has 1 fully saturated rings. The Morgan fingerprint density at radius 1 is 0.884 bits per heavy atom. The fourth-order valence-corrected chi connectivity index (χ4v) is 6.19. The van der Waals surface area contributed by atoms with Crippen molar-refractivity contribution in [2.24, 2.45) is 5.92 Å². The first-order valence-corrected chi connectivity index (χ1v) is 15.6. The smallest absolute Gasteiger partial charge is 0.288 e. The highest BCUT2D eigenvalue weighted by Crippen LogP contribution is 2.46. The van der Waals surface area contributed by atoms with E-state index < -0.39 is 6.29 Å². The van der Waals surface area contributed by atoms with E-state index >= 15 is 0 Å². The third-order valence-corrected chi connectivity index (χ3v) is 8.28. The molecule has 0 radical (unpaired) electrons. The first-order chi connectivity index (χ1) is 21.2. The van der Waals surface area contributed by atoms with E-state index in [1.54, 1.807) is 4.90 Å². The lowest BCUT2D eigenvalue weighted by Gasteiger charge is -2.38. The summed E-state index contributed by atoms with van der Waals surface area (Å²) >= 11 is 0. The Balaban J connectivity index is 1.44. The number of nitrogens with zero attached hydrogens (tertiary/aromatic N) is 1. The molecule has 3 aliphatic rings. The molecule has 234 valence electrons. The molecule has 1 aliphatic carbocycles. The molecule has 9 heteroatoms. The first kappa shape index (κ1) is 31.6. The number of hydrogen-bond acceptors (Lipinski definition) is 8. The van der Waals surface area contributed by atoms with E-state index in [9.17, 15) is 9.90 Å². The van der Waals surface area contributed by atoms with Crippen LogP contribution in [0, 0.1) is 5.92 Å². The lowest BCUT2D eigenvalue weighted by atomic mass is 9.78. The highest BCUT2D eigenvalue weighted by Gasteiger charge is 2.40. The Morgan fingerprint density at radius 3 is 2.21 bits per heavy atom. The van der Waals surface area contributed by atoms with Crippen molar-refractivity contribution in [3.8, 4) is 11.1 Å². The van der Waals surface area contributed by atoms with Gasteiger partial charge in [-0.05, 0) is 60.1 Å². The minimum atomic E-state index is -0.615. The Morgan fingerprint density at radius 2 is 1.53 bits per heavy atom. The third-order valence-electron chi connectivity index (χ3n) is 8.28. The van der Waals surface area contributed by atoms with Gasteiger partial charge in [-0.2, -0.15) is 0 Å². The zero-order valence-corrected chi connectivity index (χ0v) is 25.2. The molecule has 2 aliphatic heterocycles. The summed E-state index contributed by atoms with van der Waals surface area (Å²) in [5, 5.41) is 9.74. The van der Waals surface area contributed by atoms with Crippen LogP contribution in [0.2, 0.25) is 0 Å². The van der Waals surface area contributed by atoms with E-state index in [1.165, 1.54) is 27.8 Å². The molecule has 2 heterocycles. The van der Waals surface area contributed by atoms with E-state index in [-0.39, 0.29) is 30.1 Å². The standard InChI is InChI=1S/C34H45NO8/c1-2-42-34-29(11-6-14-36)31(28-10-5-9-27-26-8-4-3-7-25(26)23-30(27)28)24-32(43-34)33(37)35-12-15-38-17-19-40-21-22-41-20-18-39-16-13-35/h3-5,7-10,24,29,31,34,36H,2,6,11-23H2,1H3. The molecule has 2 aromatic carbocycles. The molecular formula is C34H45NO8. The van der Waals surface area contributed by atoms with E-state index in [0.29, 0.717) is 85.4 Å². The molecule has 43 heavy (non-hydrogen) atoms. The van der Waals surface area contributed by atoms with Crippen LogP contribution in [-0.2, 0) is 39.6 Å². The topological polar surface area (TPSA) is 95.9 Å². The molecular weight excluding hydrogens is 550 g/mol. The van der Waals surface area contributed by atoms with Gasteiger partial charge in [0.25, 0.3) is 5.91 Å². The second-order valence-corrected chi connectivity index (χ2v) is 11.0. The van der Waals surface area contributed by atoms with Crippen molar-refractivity contribution in [1.82, 2.24) is 4.90 Å². The Bertz CT molecular complexity index is 1200. The second kappa shape index (κ2) is 16.3. The minimum absolute atomic E-state index is 0.0616. The third kappa shape index (κ3) is 8.03. The van der Waals surface area contributed by atoms with Gasteiger partial charge in [0.15, 0.2) is 5.76 Å². The van der Waals surface area contributed by atoms with E-state index in [2.05, 4.69) is 42.5 Å². The molecule has 0 aromatic heterocycles. The lowest BCUT2D eigenvalue weighted by Crippen LogP contribution is -2.43. The number of aliphatic hydroxyl groups is 1. The molecule has 1 amide bonds. The number of ether oxygens (including phenoxy) is 6. The summed E-state index contributed by atoms with van der Waals surface area (Å²) in [5.41, 5.74) is 6.27. The minimum Gasteiger partial charge on any atom is -0.459 e. The monoisotopic (exact) mass is 595 g/mol. The average Bonchev–Trinajstić information content (AvgIpc) is 3.41. The SMILES string of the molecule is CCOC1OC(C(=O)N2CCOCCOCCOCCOCC2)=CC(c2cccc3c2Cc2ccccc2-3)C1CCCO. The van der Waals surface area contributed by atoms with Gasteiger partial charge in [-0.25, -0.2) is 0 Å². The van der Waals surface area contributed by atoms with Crippen LogP contribution in [0.15, 0.2) is 54.3 Å². The highest BCUT2D eigenvalue weighted by atomic mass is 16.7. The van der Waals surface area contributed by atoms with Gasteiger partial charge in [0.2, 0.25) is 6.29 Å². The van der Waals surface area contributed by atoms with Gasteiger partial charge in [0.1, 0.15) is 0 Å². The molecule has 9 nitrogen and oxygen atoms in total. The molecule has 0 saturated carbocycles. The normalized spacial score (nSPS) is 23.7. The Labute approximate surface area is 254 Å². The van der Waals surface area contributed by atoms with E-state index in [1.807, 2.05) is 13.0 Å². The number of amides is 1. The molecule has 2 aromatic rings. The summed E-state index contributed by atoms with van der Waals surface area (Å²) < 4.78 is 35.1. The maximum absolute atomic E-state index is 14.1. The van der Waals surface area contributed by atoms with Crippen LogP contribution in [0.1, 0.15) is 42.4 Å². The number of carbonyl (C=O) groups is 1. The average molecular weight is 596 g/mol. The van der Waals surface area contributed by atoms with E-state index in [0.717, 1.165) is 6.42 Å². The summed E-state index contributed by atoms with van der Waals surface area (Å²) in [4.78, 5) is 15.8. The van der Waals surface area contributed by atoms with Gasteiger partial charge in [-0.3, -0.25) is 4.79 Å². The van der Waals surface area contributed by atoms with Crippen LogP contribution < -0.4 is 0 Å². The van der Waals surface area contributed by atoms with Gasteiger partial charge < -0.3 is 38.4 Å². The molecule has 3 unspecified atom stereocenters. The van der Waals surface area contributed by atoms with Crippen molar-refractivity contribution >= 4 is 5.91 Å². The van der Waals surface area contributed by atoms with Gasteiger partial charge in [-0.1, -0.05) is 42.5 Å². The number of rotatable bonds is 7. The number of hydrogen-bond donors (Lipinski definition) is 1. The van der Waals surface area contributed by atoms with Crippen LogP contribution in [-0.4, -0.2) is 101 Å². The Hall–Kier alpha value is -2.79. The number of benzene rings is 2. The van der Waals surface area contributed by atoms with Crippen LogP contribution in [0.3, 0.4) is 0 Å². The first-order valence-electron chi connectivity index (χ1n) is 15.6. The number of allylic oxidation sites excluding steroid dienone is 1. The predicted octanol–water partition coefficient (Wildman–Crippen LogP) is 3.92. The zero-order valence-electron chi connectivity index (χ0n) is 25.2. The molecule has 5 rings (SSSR count). The van der Waals surface area contributed by atoms with Crippen LogP contribution >= 0.6 is 0 Å². The molecule has 0 spiro atoms. The molecule has 3 atom stereocenters. The van der Waals surface area contributed by atoms with Crippen molar-refractivity contribution < 1.29 is 38.3 Å². The van der Waals surface area contributed by atoms with Gasteiger partial charge >= 0.3 is 0 Å². The molecule has 1 N–H and O–H groups in total. The van der Waals surface area contributed by atoms with Crippen molar-refractivity contribution in [3.63, 3.8) is 0 Å². The summed E-state index contributed by atoms with van der Waals surface area (Å²) in [6.07, 6.45) is 3.54. The fourth-order valence-electron chi connectivity index (χ4n) is 6.19. The second-order valence-electron chi connectivity index (χ2n) is 11.0. The Kier molecular flexibility index (Phi) is 12.0. The highest BCUT2D eigenvalue weighted by molar-refractivity contribution is 5.92. The van der Waals surface area contributed by atoms with Gasteiger partial charge in [0, 0.05) is 38.1 Å². The summed E-state index contributed by atoms with van der Waals surface area (Å²) in [6.45, 7) is 6.87. The van der Waals surface area contributed by atoms with Crippen molar-refractivity contribution in [1.29, 1.82) is 0 Å². The predicted molar refractivity (Wildman–Crippen MR) is 162 cm³/mol. The van der Waals surface area contributed by atoms with E-state index in [4.69, 9.17) is 28.4 Å². The summed E-state index contributed by atoms with van der Waals surface area (Å²) in [5.74, 6) is -0.115. The summed E-state index contributed by atoms with van der Waals surface area (Å²) in [6, 6.07) is 15.0. The van der Waals surface area contributed by atoms with Crippen molar-refractivity contribution in [2.75, 3.05) is 79.2 Å². The molecule has 1 saturated heterocycles. The van der Waals surface area contributed by atoms with Crippen LogP contribution in [0.5, 0.6) is 0 Å². The maximum Gasteiger partial charge on any atom is 0.288 e. The number of carbonyl (C=O) groups excluding carboxylic acids is 1. The quantitative estimate of drug-likeness (QED) is 0.439. The van der Waals surface area contributed by atoms with Gasteiger partial charge in [0.05, 0.1) is 52.9 Å². The van der Waals surface area contributed by atoms with Gasteiger partial charge in [-0.15, -0.1) is 0 Å². The van der Waals surface area contributed by atoms with Crippen LogP contribution in [0.4, 0.5) is 0 Å². The largest absolute Gasteiger partial charge is 0.459 e. The lowest BCUT2D eigenvalue weighted by molar-refractivity contribution is -0.170. The van der Waals surface area contributed by atoms with Crippen molar-refractivity contribution in [2.45, 2.75) is 38.4 Å². The van der Waals surface area contributed by atoms with Crippen molar-refractivity contribution in [3.05, 3.63) is 71.0 Å². The fraction of sp³-hybridized carbons (Fsp3) is 0.559. The number of aliphatic hydroxyl groups excluding tert-OH is 1. The molecule has 0 bridgehead atoms. The van der Waals surface area contributed by atoms with Crippen LogP contribution in [0.25, 0.3) is 11.1 Å².